The minimum absolute atomic E-state index is 0.0228. The molecule has 3 aromatic rings. The van der Waals surface area contributed by atoms with Gasteiger partial charge in [-0.25, -0.2) is 9.37 Å². The lowest BCUT2D eigenvalue weighted by molar-refractivity contribution is 0.433. The van der Waals surface area contributed by atoms with Crippen molar-refractivity contribution in [2.75, 3.05) is 6.67 Å². The Kier molecular flexibility index (Phi) is 4.78. The van der Waals surface area contributed by atoms with Crippen molar-refractivity contribution in [2.45, 2.75) is 26.3 Å². The van der Waals surface area contributed by atoms with E-state index in [1.807, 2.05) is 31.2 Å². The van der Waals surface area contributed by atoms with Crippen molar-refractivity contribution < 1.29 is 4.39 Å². The molecule has 0 unspecified atom stereocenters. The third-order valence-corrected chi connectivity index (χ3v) is 5.10. The van der Waals surface area contributed by atoms with Gasteiger partial charge in [0.15, 0.2) is 0 Å². The third-order valence-electron chi connectivity index (χ3n) is 3.69. The van der Waals surface area contributed by atoms with E-state index in [0.717, 1.165) is 21.7 Å². The van der Waals surface area contributed by atoms with E-state index < -0.39 is 6.67 Å². The maximum atomic E-state index is 12.9. The Morgan fingerprint density at radius 1 is 1.35 bits per heavy atom. The highest BCUT2D eigenvalue weighted by atomic mass is 35.5. The molecule has 1 aromatic carbocycles. The average Bonchev–Trinajstić information content (AvgIpc) is 2.94. The Morgan fingerprint density at radius 3 is 2.87 bits per heavy atom. The zero-order valence-electron chi connectivity index (χ0n) is 12.7. The molecule has 0 N–H and O–H groups in total. The van der Waals surface area contributed by atoms with Crippen LogP contribution in [0.4, 0.5) is 4.39 Å². The minimum atomic E-state index is -0.597. The normalized spacial score (nSPS) is 11.3. The molecule has 0 atom stereocenters. The quantitative estimate of drug-likeness (QED) is 0.690. The van der Waals surface area contributed by atoms with Crippen LogP contribution in [0.1, 0.15) is 23.2 Å². The Morgan fingerprint density at radius 2 is 2.17 bits per heavy atom. The van der Waals surface area contributed by atoms with Crippen LogP contribution in [0.2, 0.25) is 5.02 Å². The number of rotatable bonds is 5. The summed E-state index contributed by atoms with van der Waals surface area (Å²) in [6, 6.07) is 9.28. The lowest BCUT2D eigenvalue weighted by Gasteiger charge is -2.11. The summed E-state index contributed by atoms with van der Waals surface area (Å²) >= 11 is 7.54. The van der Waals surface area contributed by atoms with Gasteiger partial charge in [-0.1, -0.05) is 30.7 Å². The number of aryl methyl sites for hydroxylation is 1. The van der Waals surface area contributed by atoms with Crippen LogP contribution in [-0.4, -0.2) is 16.2 Å². The van der Waals surface area contributed by atoms with E-state index in [9.17, 15) is 9.18 Å². The molecule has 0 aliphatic rings. The van der Waals surface area contributed by atoms with E-state index >= 15 is 0 Å². The molecule has 0 aliphatic carbocycles. The first kappa shape index (κ1) is 16.1. The molecule has 120 valence electrons. The van der Waals surface area contributed by atoms with Gasteiger partial charge in [-0.2, -0.15) is 0 Å². The van der Waals surface area contributed by atoms with Crippen LogP contribution in [0.3, 0.4) is 0 Å². The van der Waals surface area contributed by atoms with Crippen LogP contribution < -0.4 is 5.56 Å². The number of nitrogens with zero attached hydrogens (tertiary/aromatic N) is 2. The summed E-state index contributed by atoms with van der Waals surface area (Å²) in [5.74, 6) is 0.576. The standard InChI is InChI=1S/C17H16ClFN2OS/c1-2-13-10-14-16(23-13)20-15(21(7-6-19)17(14)22)9-11-4-3-5-12(18)8-11/h3-5,8,10H,2,6-7,9H2,1H3. The molecule has 3 rings (SSSR count). The maximum absolute atomic E-state index is 12.9. The number of aromatic nitrogens is 2. The molecular formula is C17H16ClFN2OS. The second kappa shape index (κ2) is 6.81. The van der Waals surface area contributed by atoms with Crippen molar-refractivity contribution >= 4 is 33.2 Å². The van der Waals surface area contributed by atoms with Crippen LogP contribution in [0, 0.1) is 0 Å². The van der Waals surface area contributed by atoms with Crippen LogP contribution in [0.5, 0.6) is 0 Å². The highest BCUT2D eigenvalue weighted by Crippen LogP contribution is 2.23. The second-order valence-corrected chi connectivity index (χ2v) is 6.82. The Bertz CT molecular complexity index is 903. The molecule has 0 saturated carbocycles. The van der Waals surface area contributed by atoms with Gasteiger partial charge in [0.05, 0.1) is 11.9 Å². The first-order valence-corrected chi connectivity index (χ1v) is 8.64. The summed E-state index contributed by atoms with van der Waals surface area (Å²) in [4.78, 5) is 19.1. The molecule has 0 saturated heterocycles. The molecule has 23 heavy (non-hydrogen) atoms. The largest absolute Gasteiger partial charge is 0.293 e. The van der Waals surface area contributed by atoms with Gasteiger partial charge in [-0.05, 0) is 30.2 Å². The van der Waals surface area contributed by atoms with Crippen molar-refractivity contribution in [3.05, 3.63) is 62.0 Å². The van der Waals surface area contributed by atoms with Crippen molar-refractivity contribution in [3.8, 4) is 0 Å². The predicted molar refractivity (Wildman–Crippen MR) is 93.5 cm³/mol. The highest BCUT2D eigenvalue weighted by Gasteiger charge is 2.14. The van der Waals surface area contributed by atoms with Crippen LogP contribution in [-0.2, 0) is 19.4 Å². The van der Waals surface area contributed by atoms with Gasteiger partial charge in [0, 0.05) is 16.3 Å². The molecule has 0 bridgehead atoms. The van der Waals surface area contributed by atoms with Crippen LogP contribution in [0.15, 0.2) is 35.1 Å². The third kappa shape index (κ3) is 3.31. The molecule has 0 fully saturated rings. The van der Waals surface area contributed by atoms with Gasteiger partial charge in [0.25, 0.3) is 5.56 Å². The fourth-order valence-corrected chi connectivity index (χ4v) is 3.75. The van der Waals surface area contributed by atoms with Crippen molar-refractivity contribution in [3.63, 3.8) is 0 Å². The maximum Gasteiger partial charge on any atom is 0.262 e. The fraction of sp³-hybridized carbons (Fsp3) is 0.294. The molecule has 3 nitrogen and oxygen atoms in total. The summed E-state index contributed by atoms with van der Waals surface area (Å²) in [7, 11) is 0. The van der Waals surface area contributed by atoms with Crippen molar-refractivity contribution in [1.29, 1.82) is 0 Å². The predicted octanol–water partition coefficient (Wildman–Crippen LogP) is 4.23. The number of hydrogen-bond donors (Lipinski definition) is 0. The summed E-state index contributed by atoms with van der Waals surface area (Å²) in [6.45, 7) is 1.47. The molecule has 0 aliphatic heterocycles. The number of benzene rings is 1. The smallest absolute Gasteiger partial charge is 0.262 e. The fourth-order valence-electron chi connectivity index (χ4n) is 2.56. The first-order valence-electron chi connectivity index (χ1n) is 7.45. The number of hydrogen-bond acceptors (Lipinski definition) is 3. The summed E-state index contributed by atoms with van der Waals surface area (Å²) in [5.41, 5.74) is 0.782. The van der Waals surface area contributed by atoms with Gasteiger partial charge < -0.3 is 0 Å². The van der Waals surface area contributed by atoms with Gasteiger partial charge in [-0.3, -0.25) is 9.36 Å². The van der Waals surface area contributed by atoms with E-state index in [-0.39, 0.29) is 12.1 Å². The van der Waals surface area contributed by atoms with E-state index in [2.05, 4.69) is 4.98 Å². The molecule has 0 amide bonds. The first-order chi connectivity index (χ1) is 11.1. The zero-order chi connectivity index (χ0) is 16.4. The van der Waals surface area contributed by atoms with Crippen LogP contribution in [0.25, 0.3) is 10.2 Å². The lowest BCUT2D eigenvalue weighted by Crippen LogP contribution is -2.26. The summed E-state index contributed by atoms with van der Waals surface area (Å²) in [6.07, 6.45) is 1.30. The molecule has 0 spiro atoms. The number of alkyl halides is 1. The van der Waals surface area contributed by atoms with Gasteiger partial charge >= 0.3 is 0 Å². The van der Waals surface area contributed by atoms with Crippen molar-refractivity contribution in [2.24, 2.45) is 0 Å². The molecule has 0 radical (unpaired) electrons. The molecule has 2 aromatic heterocycles. The van der Waals surface area contributed by atoms with E-state index in [1.165, 1.54) is 15.9 Å². The van der Waals surface area contributed by atoms with Crippen molar-refractivity contribution in [1.82, 2.24) is 9.55 Å². The summed E-state index contributed by atoms with van der Waals surface area (Å²) in [5, 5.41) is 1.21. The lowest BCUT2D eigenvalue weighted by atomic mass is 10.1. The van der Waals surface area contributed by atoms with Crippen LogP contribution >= 0.6 is 22.9 Å². The van der Waals surface area contributed by atoms with E-state index in [1.54, 1.807) is 6.07 Å². The number of thiophene rings is 1. The van der Waals surface area contributed by atoms with E-state index in [0.29, 0.717) is 22.7 Å². The topological polar surface area (TPSA) is 34.9 Å². The molecular weight excluding hydrogens is 335 g/mol. The molecule has 6 heteroatoms. The zero-order valence-corrected chi connectivity index (χ0v) is 14.3. The number of fused-ring (bicyclic) bond motifs is 1. The SMILES string of the molecule is CCc1cc2c(=O)n(CCF)c(Cc3cccc(Cl)c3)nc2s1. The monoisotopic (exact) mass is 350 g/mol. The Labute approximate surface area is 142 Å². The Hall–Kier alpha value is -1.72. The Balaban J connectivity index is 2.13. The summed E-state index contributed by atoms with van der Waals surface area (Å²) < 4.78 is 14.3. The average molecular weight is 351 g/mol. The second-order valence-electron chi connectivity index (χ2n) is 5.27. The van der Waals surface area contributed by atoms with Gasteiger partial charge in [0.2, 0.25) is 0 Å². The molecule has 2 heterocycles. The van der Waals surface area contributed by atoms with Gasteiger partial charge in [-0.15, -0.1) is 11.3 Å². The van der Waals surface area contributed by atoms with E-state index in [4.69, 9.17) is 11.6 Å². The minimum Gasteiger partial charge on any atom is -0.293 e. The number of halogens is 2. The highest BCUT2D eigenvalue weighted by molar-refractivity contribution is 7.18. The van der Waals surface area contributed by atoms with Gasteiger partial charge in [0.1, 0.15) is 17.3 Å².